The molecule has 18 heavy (non-hydrogen) atoms. The van der Waals surface area contributed by atoms with Crippen LogP contribution in [0.15, 0.2) is 24.3 Å². The van der Waals surface area contributed by atoms with E-state index in [1.807, 2.05) is 0 Å². The first-order valence-electron chi connectivity index (χ1n) is 6.96. The van der Waals surface area contributed by atoms with Gasteiger partial charge in [0.1, 0.15) is 0 Å². The molecule has 0 radical (unpaired) electrons. The van der Waals surface area contributed by atoms with Crippen LogP contribution in [0, 0.1) is 5.92 Å². The summed E-state index contributed by atoms with van der Waals surface area (Å²) < 4.78 is 0. The Morgan fingerprint density at radius 3 is 1.72 bits per heavy atom. The summed E-state index contributed by atoms with van der Waals surface area (Å²) in [4.78, 5) is 4.71. The molecule has 0 saturated heterocycles. The van der Waals surface area contributed by atoms with Gasteiger partial charge in [0.05, 0.1) is 0 Å². The zero-order valence-electron chi connectivity index (χ0n) is 12.6. The van der Waals surface area contributed by atoms with E-state index in [9.17, 15) is 0 Å². The number of hydrogen-bond acceptors (Lipinski definition) is 2. The van der Waals surface area contributed by atoms with Crippen LogP contribution in [0.25, 0.3) is 0 Å². The monoisotopic (exact) mass is 248 g/mol. The summed E-state index contributed by atoms with van der Waals surface area (Å²) >= 11 is 0. The molecule has 102 valence electrons. The SMILES string of the molecule is CCN(C)Cc1ccc(CN(C)CC(C)C)cc1. The fourth-order valence-corrected chi connectivity index (χ4v) is 2.17. The van der Waals surface area contributed by atoms with E-state index >= 15 is 0 Å². The smallest absolute Gasteiger partial charge is 0.0230 e. The van der Waals surface area contributed by atoms with Crippen LogP contribution in [0.2, 0.25) is 0 Å². The molecule has 1 rings (SSSR count). The number of hydrogen-bond donors (Lipinski definition) is 0. The van der Waals surface area contributed by atoms with E-state index in [4.69, 9.17) is 0 Å². The molecule has 0 heterocycles. The van der Waals surface area contributed by atoms with Crippen molar-refractivity contribution in [3.8, 4) is 0 Å². The van der Waals surface area contributed by atoms with Gasteiger partial charge in [0.15, 0.2) is 0 Å². The van der Waals surface area contributed by atoms with Crippen LogP contribution in [-0.2, 0) is 13.1 Å². The zero-order chi connectivity index (χ0) is 13.5. The van der Waals surface area contributed by atoms with Gasteiger partial charge in [-0.05, 0) is 37.7 Å². The van der Waals surface area contributed by atoms with Crippen LogP contribution < -0.4 is 0 Å². The number of nitrogens with zero attached hydrogens (tertiary/aromatic N) is 2. The molecule has 2 heteroatoms. The Morgan fingerprint density at radius 1 is 0.889 bits per heavy atom. The molecule has 0 aromatic heterocycles. The first kappa shape index (κ1) is 15.2. The molecule has 0 aliphatic heterocycles. The molecule has 0 spiro atoms. The van der Waals surface area contributed by atoms with Crippen LogP contribution in [0.3, 0.4) is 0 Å². The molecule has 0 saturated carbocycles. The predicted molar refractivity (Wildman–Crippen MR) is 79.6 cm³/mol. The van der Waals surface area contributed by atoms with Crippen molar-refractivity contribution in [2.45, 2.75) is 33.9 Å². The topological polar surface area (TPSA) is 6.48 Å². The second kappa shape index (κ2) is 7.55. The maximum absolute atomic E-state index is 2.39. The molecule has 2 nitrogen and oxygen atoms in total. The van der Waals surface area contributed by atoms with Crippen LogP contribution >= 0.6 is 0 Å². The molecule has 0 atom stereocenters. The molecule has 1 aromatic rings. The highest BCUT2D eigenvalue weighted by Crippen LogP contribution is 2.09. The fourth-order valence-electron chi connectivity index (χ4n) is 2.17. The Bertz CT molecular complexity index is 329. The second-order valence-corrected chi connectivity index (χ2v) is 5.74. The van der Waals surface area contributed by atoms with Gasteiger partial charge in [0.25, 0.3) is 0 Å². The van der Waals surface area contributed by atoms with E-state index < -0.39 is 0 Å². The van der Waals surface area contributed by atoms with Crippen LogP contribution in [0.1, 0.15) is 31.9 Å². The lowest BCUT2D eigenvalue weighted by atomic mass is 10.1. The van der Waals surface area contributed by atoms with E-state index in [2.05, 4.69) is 68.9 Å². The van der Waals surface area contributed by atoms with Gasteiger partial charge >= 0.3 is 0 Å². The second-order valence-electron chi connectivity index (χ2n) is 5.74. The molecular formula is C16H28N2. The van der Waals surface area contributed by atoms with Gasteiger partial charge in [-0.25, -0.2) is 0 Å². The highest BCUT2D eigenvalue weighted by molar-refractivity contribution is 5.22. The normalized spacial score (nSPS) is 11.8. The molecule has 0 amide bonds. The minimum atomic E-state index is 0.729. The molecule has 0 fully saturated rings. The van der Waals surface area contributed by atoms with Gasteiger partial charge in [0, 0.05) is 19.6 Å². The van der Waals surface area contributed by atoms with Crippen molar-refractivity contribution in [2.24, 2.45) is 5.92 Å². The summed E-state index contributed by atoms with van der Waals surface area (Å²) in [6.45, 7) is 11.1. The lowest BCUT2D eigenvalue weighted by Gasteiger charge is -2.19. The minimum absolute atomic E-state index is 0.729. The summed E-state index contributed by atoms with van der Waals surface area (Å²) in [5, 5.41) is 0. The van der Waals surface area contributed by atoms with Crippen molar-refractivity contribution < 1.29 is 0 Å². The van der Waals surface area contributed by atoms with Crippen molar-refractivity contribution in [1.82, 2.24) is 9.80 Å². The lowest BCUT2D eigenvalue weighted by Crippen LogP contribution is -2.22. The first-order chi connectivity index (χ1) is 8.51. The Labute approximate surface area is 113 Å². The maximum Gasteiger partial charge on any atom is 0.0230 e. The zero-order valence-corrected chi connectivity index (χ0v) is 12.6. The molecule has 0 bridgehead atoms. The predicted octanol–water partition coefficient (Wildman–Crippen LogP) is 3.23. The number of rotatable bonds is 7. The third-order valence-electron chi connectivity index (χ3n) is 3.14. The van der Waals surface area contributed by atoms with Crippen molar-refractivity contribution in [1.29, 1.82) is 0 Å². The molecule has 0 aliphatic carbocycles. The molecule has 1 aromatic carbocycles. The third-order valence-corrected chi connectivity index (χ3v) is 3.14. The van der Waals surface area contributed by atoms with Gasteiger partial charge in [-0.15, -0.1) is 0 Å². The Balaban J connectivity index is 2.49. The molecule has 0 aliphatic rings. The first-order valence-corrected chi connectivity index (χ1v) is 6.96. The van der Waals surface area contributed by atoms with Gasteiger partial charge in [-0.2, -0.15) is 0 Å². The average Bonchev–Trinajstić information content (AvgIpc) is 2.30. The highest BCUT2D eigenvalue weighted by atomic mass is 15.1. The summed E-state index contributed by atoms with van der Waals surface area (Å²) in [5.41, 5.74) is 2.80. The highest BCUT2D eigenvalue weighted by Gasteiger charge is 2.03. The van der Waals surface area contributed by atoms with Crippen LogP contribution in [0.5, 0.6) is 0 Å². The van der Waals surface area contributed by atoms with Crippen molar-refractivity contribution in [2.75, 3.05) is 27.2 Å². The summed E-state index contributed by atoms with van der Waals surface area (Å²) in [7, 11) is 4.35. The maximum atomic E-state index is 2.39. The summed E-state index contributed by atoms with van der Waals surface area (Å²) in [5.74, 6) is 0.729. The fraction of sp³-hybridized carbons (Fsp3) is 0.625. The van der Waals surface area contributed by atoms with E-state index in [1.165, 1.54) is 11.1 Å². The summed E-state index contributed by atoms with van der Waals surface area (Å²) in [6, 6.07) is 9.03. The van der Waals surface area contributed by atoms with Gasteiger partial charge in [-0.1, -0.05) is 45.0 Å². The molecular weight excluding hydrogens is 220 g/mol. The van der Waals surface area contributed by atoms with Gasteiger partial charge in [-0.3, -0.25) is 0 Å². The van der Waals surface area contributed by atoms with Crippen molar-refractivity contribution in [3.05, 3.63) is 35.4 Å². The number of benzene rings is 1. The summed E-state index contributed by atoms with van der Waals surface area (Å²) in [6.07, 6.45) is 0. The van der Waals surface area contributed by atoms with E-state index in [0.717, 1.165) is 32.1 Å². The largest absolute Gasteiger partial charge is 0.302 e. The van der Waals surface area contributed by atoms with Gasteiger partial charge in [0.2, 0.25) is 0 Å². The van der Waals surface area contributed by atoms with Crippen LogP contribution in [0.4, 0.5) is 0 Å². The Morgan fingerprint density at radius 2 is 1.33 bits per heavy atom. The quantitative estimate of drug-likeness (QED) is 0.731. The standard InChI is InChI=1S/C16H28N2/c1-6-17(4)12-15-7-9-16(10-8-15)13-18(5)11-14(2)3/h7-10,14H,6,11-13H2,1-5H3. The lowest BCUT2D eigenvalue weighted by molar-refractivity contribution is 0.288. The van der Waals surface area contributed by atoms with Crippen molar-refractivity contribution in [3.63, 3.8) is 0 Å². The van der Waals surface area contributed by atoms with Gasteiger partial charge < -0.3 is 9.80 Å². The van der Waals surface area contributed by atoms with Crippen molar-refractivity contribution >= 4 is 0 Å². The molecule has 0 N–H and O–H groups in total. The third kappa shape index (κ3) is 5.65. The van der Waals surface area contributed by atoms with E-state index in [0.29, 0.717) is 0 Å². The average molecular weight is 248 g/mol. The Hall–Kier alpha value is -0.860. The van der Waals surface area contributed by atoms with Crippen LogP contribution in [-0.4, -0.2) is 37.0 Å². The minimum Gasteiger partial charge on any atom is -0.302 e. The Kier molecular flexibility index (Phi) is 6.37. The van der Waals surface area contributed by atoms with E-state index in [-0.39, 0.29) is 0 Å². The molecule has 0 unspecified atom stereocenters. The van der Waals surface area contributed by atoms with E-state index in [1.54, 1.807) is 0 Å².